The molecule has 1 atom stereocenters. The van der Waals surface area contributed by atoms with E-state index in [2.05, 4.69) is 15.3 Å². The largest absolute Gasteiger partial charge is 0.460 e. The fourth-order valence-electron chi connectivity index (χ4n) is 3.07. The number of nitrogen functional groups attached to an aromatic ring is 1. The summed E-state index contributed by atoms with van der Waals surface area (Å²) in [7, 11) is 0. The van der Waals surface area contributed by atoms with Gasteiger partial charge in [-0.3, -0.25) is 0 Å². The second-order valence-electron chi connectivity index (χ2n) is 6.44. The van der Waals surface area contributed by atoms with Gasteiger partial charge in [0.25, 0.3) is 0 Å². The zero-order valence-corrected chi connectivity index (χ0v) is 17.2. The number of fused-ring (bicyclic) bond motifs is 1. The second kappa shape index (κ2) is 7.50. The molecule has 27 heavy (non-hydrogen) atoms. The third-order valence-corrected chi connectivity index (χ3v) is 5.06. The van der Waals surface area contributed by atoms with Gasteiger partial charge >= 0.3 is 5.97 Å². The van der Waals surface area contributed by atoms with Gasteiger partial charge in [0.1, 0.15) is 11.6 Å². The molecular formula is C18H18Cl2N4O2S. The first-order valence-corrected chi connectivity index (χ1v) is 9.38. The van der Waals surface area contributed by atoms with Crippen LogP contribution in [-0.4, -0.2) is 22.0 Å². The maximum Gasteiger partial charge on any atom is 0.337 e. The SMILES string of the molecule is CC1=C(C(=O)OC(C)C)C(c2ccc(Cl)c(Cl)c2)c2c(nc(=S)[nH]c2N)N1. The van der Waals surface area contributed by atoms with Crippen LogP contribution in [0.5, 0.6) is 0 Å². The average Bonchev–Trinajstić information content (AvgIpc) is 2.55. The molecule has 2 aromatic rings. The van der Waals surface area contributed by atoms with Crippen LogP contribution in [-0.2, 0) is 9.53 Å². The van der Waals surface area contributed by atoms with Crippen LogP contribution in [0.15, 0.2) is 29.5 Å². The smallest absolute Gasteiger partial charge is 0.337 e. The molecule has 1 aromatic carbocycles. The third-order valence-electron chi connectivity index (χ3n) is 4.13. The Hall–Kier alpha value is -2.09. The minimum atomic E-state index is -0.540. The summed E-state index contributed by atoms with van der Waals surface area (Å²) in [5.74, 6) is -0.179. The molecule has 0 radical (unpaired) electrons. The van der Waals surface area contributed by atoms with E-state index in [4.69, 9.17) is 45.9 Å². The zero-order chi connectivity index (χ0) is 19.9. The molecule has 3 rings (SSSR count). The number of ether oxygens (including phenoxy) is 1. The molecule has 6 nitrogen and oxygen atoms in total. The minimum Gasteiger partial charge on any atom is -0.460 e. The maximum absolute atomic E-state index is 12.9. The van der Waals surface area contributed by atoms with E-state index in [0.717, 1.165) is 5.56 Å². The summed E-state index contributed by atoms with van der Waals surface area (Å²) in [5.41, 5.74) is 8.58. The Morgan fingerprint density at radius 2 is 2.04 bits per heavy atom. The van der Waals surface area contributed by atoms with Crippen molar-refractivity contribution in [1.29, 1.82) is 0 Å². The fourth-order valence-corrected chi connectivity index (χ4v) is 3.57. The summed E-state index contributed by atoms with van der Waals surface area (Å²) in [6, 6.07) is 5.18. The van der Waals surface area contributed by atoms with Crippen LogP contribution in [0.25, 0.3) is 0 Å². The Bertz CT molecular complexity index is 1020. The number of hydrogen-bond acceptors (Lipinski definition) is 6. The van der Waals surface area contributed by atoms with Crippen molar-refractivity contribution in [3.63, 3.8) is 0 Å². The Morgan fingerprint density at radius 1 is 1.33 bits per heavy atom. The minimum absolute atomic E-state index is 0.243. The molecule has 0 spiro atoms. The van der Waals surface area contributed by atoms with Crippen LogP contribution in [0.2, 0.25) is 10.0 Å². The number of nitrogens with one attached hydrogen (secondary N) is 2. The number of benzene rings is 1. The van der Waals surface area contributed by atoms with Gasteiger partial charge in [0.15, 0.2) is 4.77 Å². The molecule has 2 heterocycles. The van der Waals surface area contributed by atoms with Crippen LogP contribution in [0.4, 0.5) is 11.6 Å². The van der Waals surface area contributed by atoms with Gasteiger partial charge in [-0.15, -0.1) is 0 Å². The van der Waals surface area contributed by atoms with Crippen LogP contribution in [0.3, 0.4) is 0 Å². The molecule has 1 aromatic heterocycles. The lowest BCUT2D eigenvalue weighted by Crippen LogP contribution is -2.27. The molecule has 1 aliphatic rings. The number of rotatable bonds is 3. The highest BCUT2D eigenvalue weighted by Crippen LogP contribution is 2.44. The normalized spacial score (nSPS) is 16.1. The highest BCUT2D eigenvalue weighted by Gasteiger charge is 2.36. The molecule has 4 N–H and O–H groups in total. The van der Waals surface area contributed by atoms with E-state index < -0.39 is 11.9 Å². The number of nitrogens with zero attached hydrogens (tertiary/aromatic N) is 1. The number of nitrogens with two attached hydrogens (primary N) is 1. The number of carbonyl (C=O) groups excluding carboxylic acids is 1. The summed E-state index contributed by atoms with van der Waals surface area (Å²) in [5, 5.41) is 3.90. The quantitative estimate of drug-likeness (QED) is 0.483. The third kappa shape index (κ3) is 3.81. The first-order chi connectivity index (χ1) is 12.7. The first kappa shape index (κ1) is 19.7. The number of H-pyrrole nitrogens is 1. The Morgan fingerprint density at radius 3 is 2.67 bits per heavy atom. The lowest BCUT2D eigenvalue weighted by atomic mass is 9.82. The molecule has 0 aliphatic carbocycles. The molecule has 142 valence electrons. The van der Waals surface area contributed by atoms with Crippen molar-refractivity contribution < 1.29 is 9.53 Å². The van der Waals surface area contributed by atoms with Gasteiger partial charge in [-0.1, -0.05) is 29.3 Å². The fraction of sp³-hybridized carbons (Fsp3) is 0.278. The number of halogens is 2. The van der Waals surface area contributed by atoms with Crippen molar-refractivity contribution in [3.8, 4) is 0 Å². The number of hydrogen-bond donors (Lipinski definition) is 3. The summed E-state index contributed by atoms with van der Waals surface area (Å²) < 4.78 is 5.70. The van der Waals surface area contributed by atoms with Gasteiger partial charge in [-0.2, -0.15) is 0 Å². The number of aromatic amines is 1. The molecular weight excluding hydrogens is 407 g/mol. The van der Waals surface area contributed by atoms with Crippen molar-refractivity contribution in [1.82, 2.24) is 9.97 Å². The van der Waals surface area contributed by atoms with Gasteiger partial charge < -0.3 is 20.8 Å². The van der Waals surface area contributed by atoms with Gasteiger partial charge in [0, 0.05) is 11.3 Å². The Labute approximate surface area is 171 Å². The van der Waals surface area contributed by atoms with Crippen LogP contribution < -0.4 is 11.1 Å². The van der Waals surface area contributed by atoms with Gasteiger partial charge in [-0.25, -0.2) is 9.78 Å². The Kier molecular flexibility index (Phi) is 5.46. The molecule has 0 saturated heterocycles. The number of allylic oxidation sites excluding steroid dienone is 1. The number of esters is 1. The number of carbonyl (C=O) groups is 1. The van der Waals surface area contributed by atoms with Crippen molar-refractivity contribution in [2.45, 2.75) is 32.8 Å². The highest BCUT2D eigenvalue weighted by atomic mass is 35.5. The monoisotopic (exact) mass is 424 g/mol. The van der Waals surface area contributed by atoms with E-state index in [1.165, 1.54) is 0 Å². The van der Waals surface area contributed by atoms with Crippen molar-refractivity contribution >= 4 is 53.0 Å². The number of anilines is 2. The highest BCUT2D eigenvalue weighted by molar-refractivity contribution is 7.71. The summed E-state index contributed by atoms with van der Waals surface area (Å²) in [6.07, 6.45) is -0.272. The average molecular weight is 425 g/mol. The van der Waals surface area contributed by atoms with Crippen LogP contribution in [0, 0.1) is 4.77 Å². The van der Waals surface area contributed by atoms with Crippen LogP contribution in [0.1, 0.15) is 37.8 Å². The topological polar surface area (TPSA) is 93.0 Å². The van der Waals surface area contributed by atoms with Gasteiger partial charge in [0.2, 0.25) is 0 Å². The lowest BCUT2D eigenvalue weighted by Gasteiger charge is -2.30. The van der Waals surface area contributed by atoms with E-state index in [-0.39, 0.29) is 10.9 Å². The maximum atomic E-state index is 12.9. The summed E-state index contributed by atoms with van der Waals surface area (Å²) >= 11 is 17.4. The molecule has 1 aliphatic heterocycles. The van der Waals surface area contributed by atoms with Gasteiger partial charge in [-0.05, 0) is 50.7 Å². The Balaban J connectivity index is 2.26. The van der Waals surface area contributed by atoms with Crippen LogP contribution >= 0.6 is 35.4 Å². The molecule has 0 amide bonds. The first-order valence-electron chi connectivity index (χ1n) is 8.22. The van der Waals surface area contributed by atoms with E-state index in [0.29, 0.717) is 38.5 Å². The van der Waals surface area contributed by atoms with Crippen molar-refractivity contribution in [3.05, 3.63) is 55.4 Å². The molecule has 0 fully saturated rings. The predicted molar refractivity (Wildman–Crippen MR) is 110 cm³/mol. The van der Waals surface area contributed by atoms with Crippen molar-refractivity contribution in [2.75, 3.05) is 11.1 Å². The van der Waals surface area contributed by atoms with E-state index >= 15 is 0 Å². The lowest BCUT2D eigenvalue weighted by molar-refractivity contribution is -0.142. The summed E-state index contributed by atoms with van der Waals surface area (Å²) in [6.45, 7) is 5.36. The van der Waals surface area contributed by atoms with Crippen molar-refractivity contribution in [2.24, 2.45) is 0 Å². The molecule has 1 unspecified atom stereocenters. The summed E-state index contributed by atoms with van der Waals surface area (Å²) in [4.78, 5) is 20.0. The van der Waals surface area contributed by atoms with E-state index in [1.54, 1.807) is 39.0 Å². The second-order valence-corrected chi connectivity index (χ2v) is 7.64. The molecule has 0 bridgehead atoms. The molecule has 0 saturated carbocycles. The molecule has 9 heteroatoms. The van der Waals surface area contributed by atoms with Gasteiger partial charge in [0.05, 0.1) is 27.6 Å². The standard InChI is InChI=1S/C18H18Cl2N4O2S/c1-7(2)26-17(25)12-8(3)22-16-14(15(21)23-18(27)24-16)13(12)9-4-5-10(19)11(20)6-9/h4-7,13H,1-3H3,(H4,21,22,23,24,27). The zero-order valence-electron chi connectivity index (χ0n) is 14.9. The number of aromatic nitrogens is 2. The van der Waals surface area contributed by atoms with E-state index in [9.17, 15) is 4.79 Å². The predicted octanol–water partition coefficient (Wildman–Crippen LogP) is 4.81. The van der Waals surface area contributed by atoms with E-state index in [1.807, 2.05) is 0 Å².